The molecule has 3 heteroatoms. The van der Waals surface area contributed by atoms with Crippen LogP contribution in [0.25, 0.3) is 0 Å². The molecule has 1 nitrogen and oxygen atoms in total. The number of hydrogen-bond acceptors (Lipinski definition) is 2. The third kappa shape index (κ3) is 3.40. The van der Waals surface area contributed by atoms with Crippen LogP contribution in [-0.2, 0) is 0 Å². The van der Waals surface area contributed by atoms with Crippen molar-refractivity contribution in [1.29, 1.82) is 0 Å². The number of fused-ring (bicyclic) bond motifs is 5. The van der Waals surface area contributed by atoms with Crippen molar-refractivity contribution in [1.82, 2.24) is 4.98 Å². The molecule has 0 aromatic heterocycles. The Morgan fingerprint density at radius 2 is 1.78 bits per heavy atom. The molecule has 1 aromatic rings. The van der Waals surface area contributed by atoms with Gasteiger partial charge in [0, 0.05) is 21.6 Å². The zero-order chi connectivity index (χ0) is 19.6. The topological polar surface area (TPSA) is 12.0 Å². The Labute approximate surface area is 171 Å². The van der Waals surface area contributed by atoms with Gasteiger partial charge >= 0.3 is 0 Å². The molecule has 1 saturated carbocycles. The van der Waals surface area contributed by atoms with E-state index in [1.165, 1.54) is 4.90 Å². The van der Waals surface area contributed by atoms with Crippen molar-refractivity contribution in [2.75, 3.05) is 0 Å². The summed E-state index contributed by atoms with van der Waals surface area (Å²) >= 11 is 2.17. The van der Waals surface area contributed by atoms with Crippen molar-refractivity contribution in [3.63, 3.8) is 0 Å². The zero-order valence-electron chi connectivity index (χ0n) is 17.9. The second-order valence-corrected chi connectivity index (χ2v) is 16.2. The molecule has 27 heavy (non-hydrogen) atoms. The van der Waals surface area contributed by atoms with E-state index in [1.807, 2.05) is 0 Å². The second-order valence-electron chi connectivity index (χ2n) is 10.6. The molecular weight excluding hydrogens is 362 g/mol. The fourth-order valence-electron chi connectivity index (χ4n) is 5.97. The Balaban J connectivity index is 1.78. The summed E-state index contributed by atoms with van der Waals surface area (Å²) in [5.41, 5.74) is 4.08. The van der Waals surface area contributed by atoms with E-state index in [4.69, 9.17) is 0 Å². The van der Waals surface area contributed by atoms with Gasteiger partial charge in [0.15, 0.2) is 0 Å². The van der Waals surface area contributed by atoms with Crippen LogP contribution in [0.15, 0.2) is 53.0 Å². The summed E-state index contributed by atoms with van der Waals surface area (Å²) in [4.78, 5) is 5.66. The molecule has 1 aliphatic heterocycles. The third-order valence-electron chi connectivity index (χ3n) is 6.62. The van der Waals surface area contributed by atoms with Crippen LogP contribution in [0, 0.1) is 17.8 Å². The third-order valence-corrected chi connectivity index (χ3v) is 12.1. The van der Waals surface area contributed by atoms with Gasteiger partial charge in [-0.2, -0.15) is 0 Å². The summed E-state index contributed by atoms with van der Waals surface area (Å²) in [6.07, 6.45) is 7.67. The van der Waals surface area contributed by atoms with Crippen LogP contribution in [0.4, 0.5) is 0 Å². The summed E-state index contributed by atoms with van der Waals surface area (Å²) in [5.74, 6) is 2.63. The molecule has 0 amide bonds. The molecule has 4 rings (SSSR count). The number of rotatable bonds is 3. The van der Waals surface area contributed by atoms with Gasteiger partial charge in [0.05, 0.1) is 0 Å². The minimum Gasteiger partial charge on any atom is -0.332 e. The zero-order valence-corrected chi connectivity index (χ0v) is 19.7. The molecule has 0 bridgehead atoms. The van der Waals surface area contributed by atoms with Crippen molar-refractivity contribution in [2.45, 2.75) is 74.9 Å². The first-order valence-corrected chi connectivity index (χ1v) is 14.5. The Hall–Kier alpha value is -0.773. The van der Waals surface area contributed by atoms with Gasteiger partial charge in [0.25, 0.3) is 0 Å². The first-order valence-electron chi connectivity index (χ1n) is 10.5. The normalized spacial score (nSPS) is 32.3. The van der Waals surface area contributed by atoms with Crippen LogP contribution < -0.4 is 4.98 Å². The number of benzene rings is 1. The van der Waals surface area contributed by atoms with Crippen molar-refractivity contribution < 1.29 is 0 Å². The minimum atomic E-state index is -1.65. The molecule has 0 spiro atoms. The summed E-state index contributed by atoms with van der Waals surface area (Å²) in [7, 11) is -1.65. The van der Waals surface area contributed by atoms with Gasteiger partial charge in [-0.05, 0) is 61.3 Å². The van der Waals surface area contributed by atoms with Crippen LogP contribution in [0.2, 0.25) is 18.6 Å². The van der Waals surface area contributed by atoms with Crippen LogP contribution in [0.5, 0.6) is 0 Å². The molecule has 146 valence electrons. The predicted octanol–water partition coefficient (Wildman–Crippen LogP) is 6.61. The lowest BCUT2D eigenvalue weighted by atomic mass is 9.79. The lowest BCUT2D eigenvalue weighted by Gasteiger charge is -2.42. The minimum absolute atomic E-state index is 0.175. The van der Waals surface area contributed by atoms with Crippen LogP contribution in [0.1, 0.15) is 46.1 Å². The summed E-state index contributed by atoms with van der Waals surface area (Å²) < 4.78 is 0. The van der Waals surface area contributed by atoms with Crippen molar-refractivity contribution in [3.8, 4) is 0 Å². The van der Waals surface area contributed by atoms with Crippen LogP contribution in [-0.4, -0.2) is 19.0 Å². The van der Waals surface area contributed by atoms with Gasteiger partial charge in [-0.3, -0.25) is 0 Å². The maximum absolute atomic E-state index is 4.13. The lowest BCUT2D eigenvalue weighted by Crippen LogP contribution is -2.59. The van der Waals surface area contributed by atoms with Gasteiger partial charge in [0.2, 0.25) is 0 Å². The Morgan fingerprint density at radius 1 is 1.07 bits per heavy atom. The molecule has 2 aliphatic carbocycles. The maximum Gasteiger partial charge on any atom is 0.124 e. The monoisotopic (exact) mass is 397 g/mol. The standard InChI is InChI=1S/C24H35NSSi/c1-15(2)16-12-13-17-19(14-16)23(27(6,7)25-24(3,4)5)22-21(17)18-10-8-9-11-20(18)26-22/h8-15,17,19,21-23,25H,1-7H3/t17?,19-,21?,22+,23?/m1/s1. The van der Waals surface area contributed by atoms with Crippen LogP contribution >= 0.6 is 11.8 Å². The van der Waals surface area contributed by atoms with Crippen molar-refractivity contribution >= 4 is 20.0 Å². The molecule has 5 atom stereocenters. The average molecular weight is 398 g/mol. The summed E-state index contributed by atoms with van der Waals surface area (Å²) in [5, 5.41) is 0.710. The van der Waals surface area contributed by atoms with Crippen LogP contribution in [0.3, 0.4) is 0 Å². The number of thioether (sulfide) groups is 1. The Morgan fingerprint density at radius 3 is 2.44 bits per heavy atom. The highest BCUT2D eigenvalue weighted by Gasteiger charge is 2.58. The fraction of sp³-hybridized carbons (Fsp3) is 0.583. The highest BCUT2D eigenvalue weighted by atomic mass is 32.2. The van der Waals surface area contributed by atoms with E-state index in [9.17, 15) is 0 Å². The number of allylic oxidation sites excluding steroid dienone is 4. The maximum atomic E-state index is 4.13. The van der Waals surface area contributed by atoms with Gasteiger partial charge < -0.3 is 4.98 Å². The number of hydrogen-bond donors (Lipinski definition) is 1. The van der Waals surface area contributed by atoms with Gasteiger partial charge in [-0.1, -0.05) is 63.4 Å². The Bertz CT molecular complexity index is 786. The smallest absolute Gasteiger partial charge is 0.124 e. The second kappa shape index (κ2) is 6.64. The van der Waals surface area contributed by atoms with E-state index in [0.717, 1.165) is 5.54 Å². The highest BCUT2D eigenvalue weighted by Crippen LogP contribution is 2.66. The van der Waals surface area contributed by atoms with E-state index < -0.39 is 8.24 Å². The van der Waals surface area contributed by atoms with Gasteiger partial charge in [-0.25, -0.2) is 0 Å². The molecule has 0 radical (unpaired) electrons. The Kier molecular flexibility index (Phi) is 4.80. The molecule has 1 fully saturated rings. The molecule has 3 unspecified atom stereocenters. The molecule has 1 N–H and O–H groups in total. The van der Waals surface area contributed by atoms with E-state index in [2.05, 4.69) is 107 Å². The lowest BCUT2D eigenvalue weighted by molar-refractivity contribution is 0.475. The van der Waals surface area contributed by atoms with Crippen molar-refractivity contribution in [3.05, 3.63) is 53.6 Å². The van der Waals surface area contributed by atoms with Gasteiger partial charge in [0.1, 0.15) is 8.24 Å². The first kappa shape index (κ1) is 19.5. The molecule has 1 heterocycles. The van der Waals surface area contributed by atoms with E-state index in [0.29, 0.717) is 28.9 Å². The molecule has 0 saturated heterocycles. The molecular formula is C24H35NSSi. The highest BCUT2D eigenvalue weighted by molar-refractivity contribution is 8.00. The first-order chi connectivity index (χ1) is 12.6. The summed E-state index contributed by atoms with van der Waals surface area (Å²) in [6.45, 7) is 16.8. The molecule has 3 aliphatic rings. The fourth-order valence-corrected chi connectivity index (χ4v) is 13.2. The molecule has 1 aromatic carbocycles. The summed E-state index contributed by atoms with van der Waals surface area (Å²) in [6, 6.07) is 9.19. The van der Waals surface area contributed by atoms with E-state index in [-0.39, 0.29) is 5.54 Å². The van der Waals surface area contributed by atoms with E-state index in [1.54, 1.807) is 11.1 Å². The predicted molar refractivity (Wildman–Crippen MR) is 122 cm³/mol. The van der Waals surface area contributed by atoms with Crippen molar-refractivity contribution in [2.24, 2.45) is 17.8 Å². The SMILES string of the molecule is CC(C)C1=C[C@@H]2C(C=C1)C1c3ccccc3S[C@@H]1C2[Si](C)(C)NC(C)(C)C. The average Bonchev–Trinajstić information content (AvgIpc) is 3.05. The van der Waals surface area contributed by atoms with Gasteiger partial charge in [-0.15, -0.1) is 11.8 Å². The largest absolute Gasteiger partial charge is 0.332 e. The van der Waals surface area contributed by atoms with E-state index >= 15 is 0 Å². The quantitative estimate of drug-likeness (QED) is 0.576. The number of nitrogens with one attached hydrogen (secondary N) is 1.